The summed E-state index contributed by atoms with van der Waals surface area (Å²) >= 11 is 2.07. The molecule has 0 aliphatic carbocycles. The molecule has 0 saturated carbocycles. The van der Waals surface area contributed by atoms with Crippen molar-refractivity contribution in [3.05, 3.63) is 0 Å². The number of hydrogen-bond donors (Lipinski definition) is 1. The molecule has 1 saturated heterocycles. The molecule has 0 bridgehead atoms. The molecule has 0 aromatic carbocycles. The van der Waals surface area contributed by atoms with Gasteiger partial charge >= 0.3 is 0 Å². The number of hydrogen-bond acceptors (Lipinski definition) is 4. The molecule has 14 heavy (non-hydrogen) atoms. The first-order valence-corrected chi connectivity index (χ1v) is 6.20. The minimum atomic E-state index is 0.192. The zero-order chi connectivity index (χ0) is 10.6. The molecule has 1 heterocycles. The van der Waals surface area contributed by atoms with Crippen LogP contribution in [0.5, 0.6) is 0 Å². The van der Waals surface area contributed by atoms with Crippen molar-refractivity contribution in [3.63, 3.8) is 0 Å². The highest BCUT2D eigenvalue weighted by Gasteiger charge is 2.23. The van der Waals surface area contributed by atoms with Crippen LogP contribution in [0.2, 0.25) is 0 Å². The Bertz CT molecular complexity index is 154. The molecule has 0 aromatic heterocycles. The van der Waals surface area contributed by atoms with Crippen LogP contribution in [0, 0.1) is 0 Å². The van der Waals surface area contributed by atoms with Crippen LogP contribution in [0.25, 0.3) is 0 Å². The summed E-state index contributed by atoms with van der Waals surface area (Å²) in [5.41, 5.74) is 5.61. The summed E-state index contributed by atoms with van der Waals surface area (Å²) in [6.45, 7) is 8.49. The van der Waals surface area contributed by atoms with E-state index in [1.165, 1.54) is 0 Å². The van der Waals surface area contributed by atoms with E-state index in [-0.39, 0.29) is 6.10 Å². The third-order valence-electron chi connectivity index (χ3n) is 2.55. The van der Waals surface area contributed by atoms with Crippen molar-refractivity contribution in [3.8, 4) is 0 Å². The molecule has 0 spiro atoms. The van der Waals surface area contributed by atoms with E-state index in [4.69, 9.17) is 10.5 Å². The van der Waals surface area contributed by atoms with E-state index < -0.39 is 0 Å². The first-order valence-electron chi connectivity index (χ1n) is 5.26. The van der Waals surface area contributed by atoms with Crippen molar-refractivity contribution < 1.29 is 4.74 Å². The molecule has 84 valence electrons. The molecule has 1 aliphatic heterocycles. The highest BCUT2D eigenvalue weighted by Crippen LogP contribution is 2.24. The van der Waals surface area contributed by atoms with Gasteiger partial charge < -0.3 is 10.5 Å². The maximum absolute atomic E-state index is 5.61. The SMILES string of the molecule is COC(CN)CN1CC(C)SC(C)C1. The first-order chi connectivity index (χ1) is 6.65. The molecule has 2 N–H and O–H groups in total. The zero-order valence-electron chi connectivity index (χ0n) is 9.40. The number of nitrogens with two attached hydrogens (primary N) is 1. The van der Waals surface area contributed by atoms with Gasteiger partial charge in [-0.15, -0.1) is 0 Å². The minimum absolute atomic E-state index is 0.192. The van der Waals surface area contributed by atoms with Gasteiger partial charge in [-0.05, 0) is 0 Å². The largest absolute Gasteiger partial charge is 0.379 e. The molecule has 1 aliphatic rings. The Kier molecular flexibility index (Phi) is 5.23. The third kappa shape index (κ3) is 3.77. The highest BCUT2D eigenvalue weighted by molar-refractivity contribution is 8.00. The van der Waals surface area contributed by atoms with Crippen LogP contribution in [-0.4, -0.2) is 54.8 Å². The van der Waals surface area contributed by atoms with Gasteiger partial charge in [0.15, 0.2) is 0 Å². The highest BCUT2D eigenvalue weighted by atomic mass is 32.2. The van der Waals surface area contributed by atoms with Crippen molar-refractivity contribution in [1.29, 1.82) is 0 Å². The maximum Gasteiger partial charge on any atom is 0.0820 e. The van der Waals surface area contributed by atoms with Crippen LogP contribution in [0.3, 0.4) is 0 Å². The van der Waals surface area contributed by atoms with Gasteiger partial charge in [-0.2, -0.15) is 11.8 Å². The molecule has 1 fully saturated rings. The number of ether oxygens (including phenoxy) is 1. The molecule has 4 heteroatoms. The fourth-order valence-corrected chi connectivity index (χ4v) is 3.35. The molecule has 3 unspecified atom stereocenters. The second-order valence-corrected chi connectivity index (χ2v) is 5.95. The van der Waals surface area contributed by atoms with Gasteiger partial charge in [0, 0.05) is 43.8 Å². The Hall–Kier alpha value is 0.230. The molecule has 1 rings (SSSR count). The lowest BCUT2D eigenvalue weighted by Gasteiger charge is -2.36. The van der Waals surface area contributed by atoms with E-state index in [1.54, 1.807) is 7.11 Å². The van der Waals surface area contributed by atoms with Crippen molar-refractivity contribution in [2.24, 2.45) is 5.73 Å². The number of methoxy groups -OCH3 is 1. The van der Waals surface area contributed by atoms with Gasteiger partial charge in [-0.25, -0.2) is 0 Å². The van der Waals surface area contributed by atoms with Crippen LogP contribution in [0.4, 0.5) is 0 Å². The molecular formula is C10H22N2OS. The predicted molar refractivity (Wildman–Crippen MR) is 62.8 cm³/mol. The summed E-state index contributed by atoms with van der Waals surface area (Å²) < 4.78 is 5.30. The van der Waals surface area contributed by atoms with E-state index in [2.05, 4.69) is 30.5 Å². The lowest BCUT2D eigenvalue weighted by molar-refractivity contribution is 0.0694. The number of rotatable bonds is 4. The van der Waals surface area contributed by atoms with Gasteiger partial charge in [-0.1, -0.05) is 13.8 Å². The van der Waals surface area contributed by atoms with Gasteiger partial charge in [0.05, 0.1) is 6.10 Å². The molecule has 3 atom stereocenters. The lowest BCUT2D eigenvalue weighted by Crippen LogP contribution is -2.46. The van der Waals surface area contributed by atoms with Crippen LogP contribution in [0.15, 0.2) is 0 Å². The minimum Gasteiger partial charge on any atom is -0.379 e. The Balaban J connectivity index is 2.35. The van der Waals surface area contributed by atoms with Crippen LogP contribution >= 0.6 is 11.8 Å². The Morgan fingerprint density at radius 2 is 2.00 bits per heavy atom. The smallest absolute Gasteiger partial charge is 0.0820 e. The van der Waals surface area contributed by atoms with Gasteiger partial charge in [0.25, 0.3) is 0 Å². The van der Waals surface area contributed by atoms with Crippen molar-refractivity contribution in [1.82, 2.24) is 4.90 Å². The van der Waals surface area contributed by atoms with E-state index in [0.29, 0.717) is 6.54 Å². The average Bonchev–Trinajstić information content (AvgIpc) is 2.12. The fraction of sp³-hybridized carbons (Fsp3) is 1.00. The van der Waals surface area contributed by atoms with E-state index in [0.717, 1.165) is 30.1 Å². The quantitative estimate of drug-likeness (QED) is 0.757. The third-order valence-corrected chi connectivity index (χ3v) is 3.78. The molecule has 3 nitrogen and oxygen atoms in total. The van der Waals surface area contributed by atoms with Gasteiger partial charge in [0.1, 0.15) is 0 Å². The molecule has 0 radical (unpaired) electrons. The molecule has 0 aromatic rings. The number of nitrogens with zero attached hydrogens (tertiary/aromatic N) is 1. The topological polar surface area (TPSA) is 38.5 Å². The summed E-state index contributed by atoms with van der Waals surface area (Å²) in [4.78, 5) is 2.47. The Morgan fingerprint density at radius 3 is 2.43 bits per heavy atom. The second kappa shape index (κ2) is 5.95. The molecular weight excluding hydrogens is 196 g/mol. The normalized spacial score (nSPS) is 31.7. The standard InChI is InChI=1S/C10H22N2OS/c1-8-5-12(6-9(2)14-8)7-10(4-11)13-3/h8-10H,4-7,11H2,1-3H3. The zero-order valence-corrected chi connectivity index (χ0v) is 10.2. The lowest BCUT2D eigenvalue weighted by atomic mass is 10.2. The van der Waals surface area contributed by atoms with Crippen LogP contribution < -0.4 is 5.73 Å². The summed E-state index contributed by atoms with van der Waals surface area (Å²) in [5, 5.41) is 1.46. The summed E-state index contributed by atoms with van der Waals surface area (Å²) in [7, 11) is 1.74. The fourth-order valence-electron chi connectivity index (χ4n) is 1.97. The van der Waals surface area contributed by atoms with Crippen molar-refractivity contribution >= 4 is 11.8 Å². The Morgan fingerprint density at radius 1 is 1.43 bits per heavy atom. The monoisotopic (exact) mass is 218 g/mol. The predicted octanol–water partition coefficient (Wildman–Crippen LogP) is 0.786. The summed E-state index contributed by atoms with van der Waals surface area (Å²) in [6, 6.07) is 0. The van der Waals surface area contributed by atoms with Gasteiger partial charge in [-0.3, -0.25) is 4.90 Å². The number of thioether (sulfide) groups is 1. The van der Waals surface area contributed by atoms with E-state index in [1.807, 2.05) is 0 Å². The summed E-state index contributed by atoms with van der Waals surface area (Å²) in [6.07, 6.45) is 0.192. The van der Waals surface area contributed by atoms with Crippen molar-refractivity contribution in [2.45, 2.75) is 30.5 Å². The maximum atomic E-state index is 5.61. The molecule has 0 amide bonds. The first kappa shape index (κ1) is 12.3. The van der Waals surface area contributed by atoms with Crippen LogP contribution in [0.1, 0.15) is 13.8 Å². The Labute approximate surface area is 91.4 Å². The van der Waals surface area contributed by atoms with Crippen molar-refractivity contribution in [2.75, 3.05) is 33.3 Å². The van der Waals surface area contributed by atoms with Gasteiger partial charge in [0.2, 0.25) is 0 Å². The van der Waals surface area contributed by atoms with E-state index in [9.17, 15) is 0 Å². The average molecular weight is 218 g/mol. The van der Waals surface area contributed by atoms with Crippen LogP contribution in [-0.2, 0) is 4.74 Å². The van der Waals surface area contributed by atoms with E-state index >= 15 is 0 Å². The summed E-state index contributed by atoms with van der Waals surface area (Å²) in [5.74, 6) is 0. The second-order valence-electron chi connectivity index (χ2n) is 4.07.